The van der Waals surface area contributed by atoms with Crippen molar-refractivity contribution in [2.45, 2.75) is 18.7 Å². The van der Waals surface area contributed by atoms with Crippen LogP contribution in [0.1, 0.15) is 11.1 Å². The minimum Gasteiger partial charge on any atom is -0.372 e. The average molecular weight is 307 g/mol. The van der Waals surface area contributed by atoms with Gasteiger partial charge in [-0.05, 0) is 43.2 Å². The van der Waals surface area contributed by atoms with Crippen molar-refractivity contribution in [2.75, 3.05) is 0 Å². The first kappa shape index (κ1) is 15.0. The molecule has 7 heteroatoms. The largest absolute Gasteiger partial charge is 0.372 e. The molecule has 2 rings (SSSR count). The Morgan fingerprint density at radius 2 is 1.71 bits per heavy atom. The molecule has 0 atom stereocenters. The van der Waals surface area contributed by atoms with Gasteiger partial charge in [0, 0.05) is 6.07 Å². The van der Waals surface area contributed by atoms with E-state index in [-0.39, 0.29) is 10.6 Å². The highest BCUT2D eigenvalue weighted by atomic mass is 32.2. The molecule has 0 saturated carbocycles. The van der Waals surface area contributed by atoms with Crippen molar-refractivity contribution >= 4 is 15.8 Å². The predicted octanol–water partition coefficient (Wildman–Crippen LogP) is 2.98. The third-order valence-electron chi connectivity index (χ3n) is 3.03. The van der Waals surface area contributed by atoms with E-state index in [9.17, 15) is 18.5 Å². The van der Waals surface area contributed by atoms with Crippen LogP contribution in [0.4, 0.5) is 5.69 Å². The Morgan fingerprint density at radius 1 is 1.05 bits per heavy atom. The van der Waals surface area contributed by atoms with Crippen molar-refractivity contribution in [2.24, 2.45) is 0 Å². The van der Waals surface area contributed by atoms with Gasteiger partial charge in [0.1, 0.15) is 4.90 Å². The Morgan fingerprint density at radius 3 is 2.33 bits per heavy atom. The van der Waals surface area contributed by atoms with E-state index in [4.69, 9.17) is 4.18 Å². The number of hydrogen-bond acceptors (Lipinski definition) is 5. The van der Waals surface area contributed by atoms with E-state index in [1.54, 1.807) is 13.0 Å². The first-order chi connectivity index (χ1) is 9.81. The lowest BCUT2D eigenvalue weighted by Gasteiger charge is -2.08. The van der Waals surface area contributed by atoms with Gasteiger partial charge in [-0.1, -0.05) is 18.2 Å². The quantitative estimate of drug-likeness (QED) is 0.492. The normalized spacial score (nSPS) is 11.1. The topological polar surface area (TPSA) is 86.5 Å². The fourth-order valence-corrected chi connectivity index (χ4v) is 2.74. The fourth-order valence-electron chi connectivity index (χ4n) is 1.71. The van der Waals surface area contributed by atoms with Crippen molar-refractivity contribution in [3.63, 3.8) is 0 Å². The van der Waals surface area contributed by atoms with Crippen LogP contribution in [0, 0.1) is 24.0 Å². The monoisotopic (exact) mass is 307 g/mol. The number of nitro benzene ring substituents is 1. The van der Waals surface area contributed by atoms with Crippen LogP contribution in [-0.2, 0) is 10.1 Å². The molecule has 0 spiro atoms. The Balaban J connectivity index is 2.42. The average Bonchev–Trinajstić information content (AvgIpc) is 2.41. The summed E-state index contributed by atoms with van der Waals surface area (Å²) in [6.07, 6.45) is 0. The van der Waals surface area contributed by atoms with Gasteiger partial charge in [0.25, 0.3) is 0 Å². The van der Waals surface area contributed by atoms with Crippen molar-refractivity contribution in [1.29, 1.82) is 0 Å². The molecule has 0 amide bonds. The van der Waals surface area contributed by atoms with Crippen molar-refractivity contribution < 1.29 is 17.5 Å². The summed E-state index contributed by atoms with van der Waals surface area (Å²) in [7, 11) is -4.11. The van der Waals surface area contributed by atoms with E-state index < -0.39 is 20.7 Å². The second-order valence-corrected chi connectivity index (χ2v) is 6.05. The molecule has 6 nitrogen and oxygen atoms in total. The fraction of sp³-hybridized carbons (Fsp3) is 0.143. The van der Waals surface area contributed by atoms with E-state index >= 15 is 0 Å². The Labute approximate surface area is 122 Å². The maximum absolute atomic E-state index is 12.2. The summed E-state index contributed by atoms with van der Waals surface area (Å²) < 4.78 is 29.3. The van der Waals surface area contributed by atoms with Gasteiger partial charge < -0.3 is 4.18 Å². The molecule has 0 N–H and O–H groups in total. The summed E-state index contributed by atoms with van der Waals surface area (Å²) in [5.74, 6) is -0.305. The van der Waals surface area contributed by atoms with Gasteiger partial charge in [0.2, 0.25) is 5.75 Å². The Bertz CT molecular complexity index is 799. The molecule has 0 radical (unpaired) electrons. The van der Waals surface area contributed by atoms with Gasteiger partial charge in [-0.3, -0.25) is 10.1 Å². The minimum atomic E-state index is -4.11. The highest BCUT2D eigenvalue weighted by molar-refractivity contribution is 7.87. The van der Waals surface area contributed by atoms with Gasteiger partial charge in [0.15, 0.2) is 0 Å². The second-order valence-electron chi connectivity index (χ2n) is 4.51. The van der Waals surface area contributed by atoms with Gasteiger partial charge in [-0.2, -0.15) is 8.42 Å². The molecule has 0 aliphatic heterocycles. The van der Waals surface area contributed by atoms with Gasteiger partial charge in [-0.25, -0.2) is 0 Å². The Kier molecular flexibility index (Phi) is 3.95. The highest BCUT2D eigenvalue weighted by Crippen LogP contribution is 2.29. The number of nitrogens with zero attached hydrogens (tertiary/aromatic N) is 1. The molecule has 0 aliphatic carbocycles. The van der Waals surface area contributed by atoms with Crippen molar-refractivity contribution in [3.05, 3.63) is 63.7 Å². The van der Waals surface area contributed by atoms with Crippen molar-refractivity contribution in [3.8, 4) is 5.75 Å². The zero-order valence-corrected chi connectivity index (χ0v) is 12.3. The lowest BCUT2D eigenvalue weighted by atomic mass is 10.1. The van der Waals surface area contributed by atoms with Crippen LogP contribution < -0.4 is 4.18 Å². The molecule has 0 unspecified atom stereocenters. The molecule has 0 aromatic heterocycles. The molecule has 21 heavy (non-hydrogen) atoms. The van der Waals surface area contributed by atoms with E-state index in [2.05, 4.69) is 0 Å². The summed E-state index contributed by atoms with van der Waals surface area (Å²) in [6, 6.07) is 9.88. The maximum atomic E-state index is 12.2. The van der Waals surface area contributed by atoms with Crippen LogP contribution in [-0.4, -0.2) is 13.3 Å². The Hall–Kier alpha value is -2.41. The van der Waals surface area contributed by atoms with Crippen LogP contribution in [0.5, 0.6) is 5.75 Å². The first-order valence-electron chi connectivity index (χ1n) is 6.06. The van der Waals surface area contributed by atoms with Crippen LogP contribution in [0.25, 0.3) is 0 Å². The molecular formula is C14H13NO5S. The van der Waals surface area contributed by atoms with Gasteiger partial charge in [-0.15, -0.1) is 0 Å². The molecule has 2 aromatic rings. The summed E-state index contributed by atoms with van der Waals surface area (Å²) >= 11 is 0. The third-order valence-corrected chi connectivity index (χ3v) is 4.26. The number of benzene rings is 2. The lowest BCUT2D eigenvalue weighted by Crippen LogP contribution is -2.11. The predicted molar refractivity (Wildman–Crippen MR) is 76.8 cm³/mol. The van der Waals surface area contributed by atoms with E-state index in [1.165, 1.54) is 36.4 Å². The van der Waals surface area contributed by atoms with E-state index in [0.717, 1.165) is 11.1 Å². The van der Waals surface area contributed by atoms with Crippen LogP contribution >= 0.6 is 0 Å². The summed E-state index contributed by atoms with van der Waals surface area (Å²) in [6.45, 7) is 3.63. The molecule has 0 aliphatic rings. The third kappa shape index (κ3) is 3.19. The highest BCUT2D eigenvalue weighted by Gasteiger charge is 2.23. The zero-order chi connectivity index (χ0) is 15.6. The summed E-state index contributed by atoms with van der Waals surface area (Å²) in [4.78, 5) is 10.1. The van der Waals surface area contributed by atoms with Gasteiger partial charge in [0.05, 0.1) is 4.92 Å². The molecule has 0 saturated heterocycles. The first-order valence-corrected chi connectivity index (χ1v) is 7.47. The molecule has 0 fully saturated rings. The molecule has 0 heterocycles. The zero-order valence-electron chi connectivity index (χ0n) is 11.4. The number of rotatable bonds is 4. The minimum absolute atomic E-state index is 0.0382. The van der Waals surface area contributed by atoms with Crippen LogP contribution in [0.2, 0.25) is 0 Å². The molecular weight excluding hydrogens is 294 g/mol. The molecule has 0 bridgehead atoms. The lowest BCUT2D eigenvalue weighted by molar-refractivity contribution is -0.385. The standard InChI is InChI=1S/C14H13NO5S/c1-10-7-8-12(9-11(10)2)21(18,19)20-14-6-4-3-5-13(14)15(16)17/h3-9H,1-2H3. The van der Waals surface area contributed by atoms with Crippen LogP contribution in [0.15, 0.2) is 47.4 Å². The number of para-hydroxylation sites is 2. The smallest absolute Gasteiger partial charge is 0.339 e. The maximum Gasteiger partial charge on any atom is 0.339 e. The van der Waals surface area contributed by atoms with Gasteiger partial charge >= 0.3 is 15.8 Å². The summed E-state index contributed by atoms with van der Waals surface area (Å²) in [5, 5.41) is 10.9. The SMILES string of the molecule is Cc1ccc(S(=O)(=O)Oc2ccccc2[N+](=O)[O-])cc1C. The summed E-state index contributed by atoms with van der Waals surface area (Å²) in [5.41, 5.74) is 1.34. The number of hydrogen-bond donors (Lipinski definition) is 0. The molecule has 110 valence electrons. The second kappa shape index (κ2) is 5.53. The van der Waals surface area contributed by atoms with E-state index in [0.29, 0.717) is 0 Å². The van der Waals surface area contributed by atoms with Crippen LogP contribution in [0.3, 0.4) is 0 Å². The number of nitro groups is 1. The number of aryl methyl sites for hydroxylation is 2. The molecule has 2 aromatic carbocycles. The van der Waals surface area contributed by atoms with E-state index in [1.807, 2.05) is 6.92 Å². The van der Waals surface area contributed by atoms with Crippen molar-refractivity contribution in [1.82, 2.24) is 0 Å².